The number of amidine groups is 1. The van der Waals surface area contributed by atoms with E-state index < -0.39 is 10.0 Å². The van der Waals surface area contributed by atoms with Gasteiger partial charge in [0, 0.05) is 32.0 Å². The van der Waals surface area contributed by atoms with E-state index in [1.807, 2.05) is 37.3 Å². The van der Waals surface area contributed by atoms with Crippen LogP contribution in [-0.2, 0) is 14.8 Å². The maximum atomic E-state index is 12.7. The third-order valence-corrected chi connectivity index (χ3v) is 7.17. The number of hydrogen-bond donors (Lipinski definition) is 0. The zero-order valence-electron chi connectivity index (χ0n) is 16.5. The predicted octanol–water partition coefficient (Wildman–Crippen LogP) is 3.60. The summed E-state index contributed by atoms with van der Waals surface area (Å²) in [5, 5.41) is 0.774. The van der Waals surface area contributed by atoms with Gasteiger partial charge in [-0.3, -0.25) is 9.69 Å². The van der Waals surface area contributed by atoms with Crippen molar-refractivity contribution in [3.63, 3.8) is 0 Å². The number of carbonyl (C=O) groups is 1. The van der Waals surface area contributed by atoms with Gasteiger partial charge in [-0.15, -0.1) is 0 Å². The first-order valence-corrected chi connectivity index (χ1v) is 11.4. The van der Waals surface area contributed by atoms with Gasteiger partial charge in [-0.1, -0.05) is 55.1 Å². The summed E-state index contributed by atoms with van der Waals surface area (Å²) in [6.07, 6.45) is 3.31. The molecule has 0 saturated carbocycles. The van der Waals surface area contributed by atoms with Crippen molar-refractivity contribution in [2.75, 3.05) is 20.6 Å². The van der Waals surface area contributed by atoms with Gasteiger partial charge in [0.1, 0.15) is 0 Å². The van der Waals surface area contributed by atoms with Crippen molar-refractivity contribution in [1.82, 2.24) is 9.21 Å². The maximum absolute atomic E-state index is 12.7. The molecule has 1 atom stereocenters. The number of nitrogens with zero attached hydrogens (tertiary/aromatic N) is 3. The zero-order chi connectivity index (χ0) is 21.0. The maximum Gasteiger partial charge on any atom is 0.252 e. The highest BCUT2D eigenvalue weighted by molar-refractivity contribution is 8.14. The normalized spacial score (nSPS) is 18.8. The van der Waals surface area contributed by atoms with E-state index in [-0.39, 0.29) is 16.1 Å². The molecule has 1 fully saturated rings. The molecule has 0 aromatic heterocycles. The van der Waals surface area contributed by atoms with E-state index in [2.05, 4.69) is 4.99 Å². The lowest BCUT2D eigenvalue weighted by Crippen LogP contribution is -2.30. The van der Waals surface area contributed by atoms with E-state index in [1.54, 1.807) is 23.1 Å². The molecule has 8 heteroatoms. The molecule has 2 aromatic carbocycles. The minimum atomic E-state index is -3.55. The minimum Gasteiger partial charge on any atom is -0.287 e. The first-order chi connectivity index (χ1) is 13.8. The first-order valence-electron chi connectivity index (χ1n) is 9.10. The van der Waals surface area contributed by atoms with Crippen LogP contribution in [0.25, 0.3) is 6.08 Å². The van der Waals surface area contributed by atoms with Crippen LogP contribution in [0.4, 0.5) is 5.69 Å². The van der Waals surface area contributed by atoms with Gasteiger partial charge in [0.15, 0.2) is 5.17 Å². The van der Waals surface area contributed by atoms with Gasteiger partial charge in [0.05, 0.1) is 10.6 Å². The molecule has 1 aliphatic rings. The molecular weight excluding hydrogens is 406 g/mol. The van der Waals surface area contributed by atoms with E-state index >= 15 is 0 Å². The van der Waals surface area contributed by atoms with Gasteiger partial charge in [-0.05, 0) is 29.8 Å². The van der Waals surface area contributed by atoms with Gasteiger partial charge < -0.3 is 0 Å². The third-order valence-electron chi connectivity index (χ3n) is 4.28. The van der Waals surface area contributed by atoms with Crippen LogP contribution in [0.5, 0.6) is 0 Å². The number of benzene rings is 2. The number of hydrogen-bond acceptors (Lipinski definition) is 5. The van der Waals surface area contributed by atoms with Crippen LogP contribution >= 0.6 is 11.8 Å². The smallest absolute Gasteiger partial charge is 0.252 e. The van der Waals surface area contributed by atoms with Crippen molar-refractivity contribution < 1.29 is 13.2 Å². The molecular formula is C21H23N3O3S2. The fourth-order valence-corrected chi connectivity index (χ4v) is 4.72. The second kappa shape index (κ2) is 8.94. The van der Waals surface area contributed by atoms with Crippen LogP contribution in [0.1, 0.15) is 12.5 Å². The van der Waals surface area contributed by atoms with E-state index in [1.165, 1.54) is 44.1 Å². The summed E-state index contributed by atoms with van der Waals surface area (Å²) in [5.41, 5.74) is 1.44. The van der Waals surface area contributed by atoms with Crippen molar-refractivity contribution in [3.05, 3.63) is 66.2 Å². The van der Waals surface area contributed by atoms with Crippen molar-refractivity contribution >= 4 is 44.6 Å². The summed E-state index contributed by atoms with van der Waals surface area (Å²) in [6, 6.07) is 16.1. The quantitative estimate of drug-likeness (QED) is 0.681. The highest BCUT2D eigenvalue weighted by atomic mass is 32.2. The zero-order valence-corrected chi connectivity index (χ0v) is 18.2. The molecule has 2 aromatic rings. The molecule has 0 N–H and O–H groups in total. The average Bonchev–Trinajstić information content (AvgIpc) is 3.07. The summed E-state index contributed by atoms with van der Waals surface area (Å²) >= 11 is 1.50. The molecule has 0 radical (unpaired) electrons. The Morgan fingerprint density at radius 3 is 2.59 bits per heavy atom. The highest BCUT2D eigenvalue weighted by Gasteiger charge is 2.29. The van der Waals surface area contributed by atoms with Gasteiger partial charge in [-0.2, -0.15) is 0 Å². The van der Waals surface area contributed by atoms with Gasteiger partial charge >= 0.3 is 0 Å². The van der Waals surface area contributed by atoms with Crippen LogP contribution in [0.15, 0.2) is 70.6 Å². The fraction of sp³-hybridized carbons (Fsp3) is 0.238. The number of amides is 1. The molecule has 29 heavy (non-hydrogen) atoms. The van der Waals surface area contributed by atoms with Crippen molar-refractivity contribution in [2.45, 2.75) is 17.1 Å². The van der Waals surface area contributed by atoms with E-state index in [4.69, 9.17) is 0 Å². The van der Waals surface area contributed by atoms with Crippen LogP contribution in [0.3, 0.4) is 0 Å². The van der Waals surface area contributed by atoms with Crippen LogP contribution in [0.2, 0.25) is 0 Å². The minimum absolute atomic E-state index is 0.151. The standard InChI is InChI=1S/C21H23N3O3S2/c1-16-15-24(20(25)13-12-17-8-5-4-6-9-17)21(28-16)22-18-10-7-11-19(14-18)29(26,27)23(2)3/h4-14,16H,15H2,1-3H3/b13-12+,22-21?. The van der Waals surface area contributed by atoms with Gasteiger partial charge in [0.2, 0.25) is 10.0 Å². The molecule has 1 heterocycles. The Labute approximate surface area is 176 Å². The summed E-state index contributed by atoms with van der Waals surface area (Å²) < 4.78 is 25.9. The van der Waals surface area contributed by atoms with E-state index in [9.17, 15) is 13.2 Å². The molecule has 0 aliphatic carbocycles. The largest absolute Gasteiger partial charge is 0.287 e. The molecule has 1 unspecified atom stereocenters. The molecule has 6 nitrogen and oxygen atoms in total. The lowest BCUT2D eigenvalue weighted by molar-refractivity contribution is -0.122. The summed E-state index contributed by atoms with van der Waals surface area (Å²) in [6.45, 7) is 2.58. The molecule has 0 bridgehead atoms. The molecule has 3 rings (SSSR count). The van der Waals surface area contributed by atoms with Crippen molar-refractivity contribution in [3.8, 4) is 0 Å². The molecule has 0 spiro atoms. The Bertz CT molecular complexity index is 1050. The number of aliphatic imine (C=N–C) groups is 1. The van der Waals surface area contributed by atoms with E-state index in [0.29, 0.717) is 17.4 Å². The molecule has 1 aliphatic heterocycles. The summed E-state index contributed by atoms with van der Waals surface area (Å²) in [4.78, 5) is 19.1. The Morgan fingerprint density at radius 1 is 1.17 bits per heavy atom. The predicted molar refractivity (Wildman–Crippen MR) is 119 cm³/mol. The summed E-state index contributed by atoms with van der Waals surface area (Å²) in [7, 11) is -0.571. The highest BCUT2D eigenvalue weighted by Crippen LogP contribution is 2.29. The molecule has 1 saturated heterocycles. The van der Waals surface area contributed by atoms with Gasteiger partial charge in [-0.25, -0.2) is 17.7 Å². The second-order valence-corrected chi connectivity index (χ2v) is 10.4. The topological polar surface area (TPSA) is 70.0 Å². The lowest BCUT2D eigenvalue weighted by atomic mass is 10.2. The number of rotatable bonds is 5. The van der Waals surface area contributed by atoms with E-state index in [0.717, 1.165) is 9.87 Å². The Morgan fingerprint density at radius 2 is 1.90 bits per heavy atom. The Hall–Kier alpha value is -2.42. The van der Waals surface area contributed by atoms with Crippen molar-refractivity contribution in [1.29, 1.82) is 0 Å². The number of sulfonamides is 1. The molecule has 1 amide bonds. The Balaban J connectivity index is 1.86. The van der Waals surface area contributed by atoms with Crippen molar-refractivity contribution in [2.24, 2.45) is 4.99 Å². The first kappa shape index (κ1) is 21.3. The van der Waals surface area contributed by atoms with Crippen LogP contribution in [-0.4, -0.2) is 54.6 Å². The molecule has 152 valence electrons. The van der Waals surface area contributed by atoms with Gasteiger partial charge in [0.25, 0.3) is 5.91 Å². The number of carbonyl (C=O) groups excluding carboxylic acids is 1. The van der Waals surface area contributed by atoms with Crippen LogP contribution < -0.4 is 0 Å². The fourth-order valence-electron chi connectivity index (χ4n) is 2.74. The SMILES string of the molecule is CC1CN(C(=O)/C=C/c2ccccc2)C(=Nc2cccc(S(=O)(=O)N(C)C)c2)S1. The number of thioether (sulfide) groups is 1. The van der Waals surface area contributed by atoms with Crippen LogP contribution in [0, 0.1) is 0 Å². The monoisotopic (exact) mass is 429 g/mol. The second-order valence-electron chi connectivity index (χ2n) is 6.80. The lowest BCUT2D eigenvalue weighted by Gasteiger charge is -2.14. The average molecular weight is 430 g/mol. The third kappa shape index (κ3) is 5.14. The Kier molecular flexibility index (Phi) is 6.56. The summed E-state index contributed by atoms with van der Waals surface area (Å²) in [5.74, 6) is -0.151.